The van der Waals surface area contributed by atoms with Crippen LogP contribution in [0.1, 0.15) is 50.9 Å². The zero-order valence-electron chi connectivity index (χ0n) is 29.2. The third kappa shape index (κ3) is 5.75. The summed E-state index contributed by atoms with van der Waals surface area (Å²) >= 11 is 13.1. The maximum absolute atomic E-state index is 14.8. The molecule has 13 heteroatoms. The van der Waals surface area contributed by atoms with Gasteiger partial charge in [0.15, 0.2) is 0 Å². The van der Waals surface area contributed by atoms with E-state index in [0.717, 1.165) is 52.0 Å². The predicted molar refractivity (Wildman–Crippen MR) is 210 cm³/mol. The molecule has 9 rings (SSSR count). The minimum Gasteiger partial charge on any atom is -0.465 e. The number of nitrogens with one attached hydrogen (secondary N) is 3. The molecular formula is C41H35Cl2N7O4. The van der Waals surface area contributed by atoms with E-state index >= 15 is 0 Å². The number of H-pyrrole nitrogens is 1. The number of carbonyl (C=O) groups excluding carboxylic acids is 3. The summed E-state index contributed by atoms with van der Waals surface area (Å²) < 4.78 is 7.14. The standard InChI is InChI=1S/C41H35Cl2N7O4/c1-54-40(52)25-9-12-32(48-16-13-28(14-17-48)49-18-15-44-41(49)53)30(19-25)47-39(51)36-34-33-29(20-27(43)21-31(33)46-36)37(24-7-10-26(42)11-8-24)50-22-45-35(38(34)50)23-5-3-2-4-6-23/h2-12,19-22,28,37,46H,13-18H2,1H3,(H,44,53)(H,47,51). The van der Waals surface area contributed by atoms with Crippen molar-refractivity contribution in [2.24, 2.45) is 0 Å². The maximum Gasteiger partial charge on any atom is 0.337 e. The van der Waals surface area contributed by atoms with E-state index in [1.54, 1.807) is 12.1 Å². The van der Waals surface area contributed by atoms with Crippen molar-refractivity contribution >= 4 is 63.4 Å². The van der Waals surface area contributed by atoms with E-state index in [-0.39, 0.29) is 18.1 Å². The second kappa shape index (κ2) is 13.6. The number of hydrogen-bond acceptors (Lipinski definition) is 6. The first-order valence-corrected chi connectivity index (χ1v) is 18.6. The Morgan fingerprint density at radius 2 is 1.70 bits per heavy atom. The highest BCUT2D eigenvalue weighted by molar-refractivity contribution is 6.32. The average Bonchev–Trinajstić information content (AvgIpc) is 3.93. The second-order valence-electron chi connectivity index (χ2n) is 13.8. The molecule has 3 aliphatic rings. The number of methoxy groups -OCH3 is 1. The second-order valence-corrected chi connectivity index (χ2v) is 14.7. The van der Waals surface area contributed by atoms with Crippen LogP contribution < -0.4 is 15.5 Å². The molecule has 1 unspecified atom stereocenters. The fraction of sp³-hybridized carbons (Fsp3) is 0.220. The van der Waals surface area contributed by atoms with Gasteiger partial charge < -0.3 is 34.7 Å². The quantitative estimate of drug-likeness (QED) is 0.142. The molecule has 0 radical (unpaired) electrons. The number of ether oxygens (including phenoxy) is 1. The van der Waals surface area contributed by atoms with Gasteiger partial charge in [0.2, 0.25) is 0 Å². The van der Waals surface area contributed by atoms with Crippen LogP contribution in [0.15, 0.2) is 91.3 Å². The first kappa shape index (κ1) is 34.0. The van der Waals surface area contributed by atoms with Crippen LogP contribution in [0.25, 0.3) is 33.4 Å². The largest absolute Gasteiger partial charge is 0.465 e. The van der Waals surface area contributed by atoms with E-state index in [2.05, 4.69) is 25.1 Å². The van der Waals surface area contributed by atoms with Gasteiger partial charge in [-0.15, -0.1) is 0 Å². The van der Waals surface area contributed by atoms with Gasteiger partial charge in [-0.05, 0) is 66.4 Å². The first-order valence-electron chi connectivity index (χ1n) is 17.9. The lowest BCUT2D eigenvalue weighted by molar-refractivity contribution is 0.0600. The summed E-state index contributed by atoms with van der Waals surface area (Å²) in [7, 11) is 1.33. The van der Waals surface area contributed by atoms with Crippen molar-refractivity contribution in [2.75, 3.05) is 43.5 Å². The van der Waals surface area contributed by atoms with Crippen molar-refractivity contribution in [3.8, 4) is 22.5 Å². The number of halogens is 2. The zero-order valence-corrected chi connectivity index (χ0v) is 30.7. The number of urea groups is 1. The van der Waals surface area contributed by atoms with Crippen LogP contribution in [0, 0.1) is 0 Å². The Morgan fingerprint density at radius 3 is 2.43 bits per heavy atom. The van der Waals surface area contributed by atoms with Crippen molar-refractivity contribution in [2.45, 2.75) is 24.9 Å². The van der Waals surface area contributed by atoms with Crippen LogP contribution in [0.2, 0.25) is 10.0 Å². The van der Waals surface area contributed by atoms with E-state index < -0.39 is 11.9 Å². The third-order valence-electron chi connectivity index (χ3n) is 10.8. The summed E-state index contributed by atoms with van der Waals surface area (Å²) in [6, 6.07) is 26.4. The molecule has 0 saturated carbocycles. The summed E-state index contributed by atoms with van der Waals surface area (Å²) in [6.07, 6.45) is 3.36. The Labute approximate surface area is 320 Å². The van der Waals surface area contributed by atoms with E-state index in [9.17, 15) is 14.4 Å². The Kier molecular flexibility index (Phi) is 8.55. The molecule has 0 bridgehead atoms. The van der Waals surface area contributed by atoms with Crippen LogP contribution >= 0.6 is 23.2 Å². The van der Waals surface area contributed by atoms with Crippen LogP contribution in [0.5, 0.6) is 0 Å². The van der Waals surface area contributed by atoms with E-state index in [1.807, 2.05) is 84.0 Å². The van der Waals surface area contributed by atoms with Crippen molar-refractivity contribution in [1.29, 1.82) is 0 Å². The number of aromatic amines is 1. The molecule has 0 aliphatic carbocycles. The fourth-order valence-corrected chi connectivity index (χ4v) is 8.64. The highest BCUT2D eigenvalue weighted by Gasteiger charge is 2.37. The van der Waals surface area contributed by atoms with Gasteiger partial charge in [-0.1, -0.05) is 65.7 Å². The van der Waals surface area contributed by atoms with Gasteiger partial charge >= 0.3 is 12.0 Å². The number of piperidine rings is 1. The van der Waals surface area contributed by atoms with E-state index in [1.165, 1.54) is 7.11 Å². The molecule has 6 aromatic rings. The van der Waals surface area contributed by atoms with Crippen LogP contribution in [0.3, 0.4) is 0 Å². The minimum atomic E-state index is -0.513. The molecule has 11 nitrogen and oxygen atoms in total. The molecule has 1 atom stereocenters. The summed E-state index contributed by atoms with van der Waals surface area (Å²) in [5.41, 5.74) is 7.60. The number of amides is 3. The van der Waals surface area contributed by atoms with Gasteiger partial charge in [-0.2, -0.15) is 0 Å². The zero-order chi connectivity index (χ0) is 37.1. The lowest BCUT2D eigenvalue weighted by Gasteiger charge is -2.38. The van der Waals surface area contributed by atoms with Gasteiger partial charge in [0.05, 0.1) is 47.8 Å². The van der Waals surface area contributed by atoms with E-state index in [0.29, 0.717) is 64.2 Å². The number of imidazole rings is 1. The Balaban J connectivity index is 1.16. The lowest BCUT2D eigenvalue weighted by atomic mass is 9.88. The predicted octanol–water partition coefficient (Wildman–Crippen LogP) is 7.99. The lowest BCUT2D eigenvalue weighted by Crippen LogP contribution is -2.46. The SMILES string of the molecule is COC(=O)c1ccc(N2CCC(N3CCNC3=O)CC2)c(NC(=O)c2[nH]c3cc(Cl)cc4c3c2-c2c(-c3ccccc3)ncn2C4c2ccc(Cl)cc2)c1. The van der Waals surface area contributed by atoms with Gasteiger partial charge in [-0.3, -0.25) is 4.79 Å². The van der Waals surface area contributed by atoms with Gasteiger partial charge in [0.25, 0.3) is 5.91 Å². The number of fused-ring (bicyclic) bond motifs is 2. The topological polar surface area (TPSA) is 125 Å². The summed E-state index contributed by atoms with van der Waals surface area (Å²) in [4.78, 5) is 52.4. The Hall–Kier alpha value is -5.78. The summed E-state index contributed by atoms with van der Waals surface area (Å²) in [5, 5.41) is 8.08. The van der Waals surface area contributed by atoms with Crippen LogP contribution in [-0.2, 0) is 4.74 Å². The Morgan fingerprint density at radius 1 is 0.926 bits per heavy atom. The smallest absolute Gasteiger partial charge is 0.337 e. The highest BCUT2D eigenvalue weighted by atomic mass is 35.5. The van der Waals surface area contributed by atoms with Gasteiger partial charge in [0, 0.05) is 64.3 Å². The van der Waals surface area contributed by atoms with E-state index in [4.69, 9.17) is 32.9 Å². The molecule has 54 heavy (non-hydrogen) atoms. The van der Waals surface area contributed by atoms with Crippen molar-refractivity contribution < 1.29 is 19.1 Å². The normalized spacial score (nSPS) is 16.7. The monoisotopic (exact) mass is 759 g/mol. The molecule has 2 fully saturated rings. The molecule has 2 aromatic heterocycles. The number of anilines is 2. The number of benzene rings is 4. The molecule has 272 valence electrons. The number of esters is 1. The average molecular weight is 761 g/mol. The maximum atomic E-state index is 14.8. The number of hydrogen-bond donors (Lipinski definition) is 3. The highest BCUT2D eigenvalue weighted by Crippen LogP contribution is 2.50. The number of aromatic nitrogens is 3. The number of carbonyl (C=O) groups is 3. The molecule has 3 aliphatic heterocycles. The van der Waals surface area contributed by atoms with Crippen molar-refractivity contribution in [3.63, 3.8) is 0 Å². The molecule has 0 spiro atoms. The number of rotatable bonds is 7. The number of nitrogens with zero attached hydrogens (tertiary/aromatic N) is 4. The first-order chi connectivity index (χ1) is 26.3. The summed E-state index contributed by atoms with van der Waals surface area (Å²) in [6.45, 7) is 2.69. The molecule has 5 heterocycles. The van der Waals surface area contributed by atoms with Crippen LogP contribution in [-0.4, -0.2) is 76.7 Å². The molecule has 3 amide bonds. The Bertz CT molecular complexity index is 2450. The van der Waals surface area contributed by atoms with Crippen molar-refractivity contribution in [3.05, 3.63) is 124 Å². The molecule has 2 saturated heterocycles. The van der Waals surface area contributed by atoms with Crippen molar-refractivity contribution in [1.82, 2.24) is 24.8 Å². The third-order valence-corrected chi connectivity index (χ3v) is 11.2. The summed E-state index contributed by atoms with van der Waals surface area (Å²) in [5.74, 6) is -0.910. The fourth-order valence-electron chi connectivity index (χ4n) is 8.29. The molecular weight excluding hydrogens is 725 g/mol. The molecule has 3 N–H and O–H groups in total. The van der Waals surface area contributed by atoms with Gasteiger partial charge in [-0.25, -0.2) is 14.6 Å². The minimum absolute atomic E-state index is 0.0215. The van der Waals surface area contributed by atoms with Gasteiger partial charge in [0.1, 0.15) is 5.69 Å². The molecule has 4 aromatic carbocycles. The van der Waals surface area contributed by atoms with Crippen LogP contribution in [0.4, 0.5) is 16.2 Å².